The van der Waals surface area contributed by atoms with Gasteiger partial charge in [0.15, 0.2) is 6.10 Å². The van der Waals surface area contributed by atoms with Gasteiger partial charge in [-0.25, -0.2) is 4.57 Å². The topological polar surface area (TPSA) is 134 Å². The standard InChI is InChI=1S/C81H150NO8P/c1-3-5-7-9-11-13-15-17-19-21-23-25-27-29-31-33-35-37-39-41-43-45-47-49-51-53-55-57-59-61-63-65-67-69-71-73-80(83)87-77-79(78-89-91(85,86)88-76-75-82)90-81(84)74-72-70-68-66-64-62-60-58-56-54-52-50-48-46-44-42-40-38-36-34-32-30-28-26-24-22-20-18-16-14-12-10-8-6-4-2/h6,8,12,14,18,20-21,23-24,26,30,32,79H,3-5,7,9-11,13,15-17,19,22,25,27-29,31,33-78,82H2,1-2H3,(H,85,86)/b8-6-,14-12-,20-18-,23-21-,26-24-,32-30-. The summed E-state index contributed by atoms with van der Waals surface area (Å²) < 4.78 is 33.3. The van der Waals surface area contributed by atoms with Crippen LogP contribution >= 0.6 is 7.82 Å². The molecule has 0 aromatic rings. The van der Waals surface area contributed by atoms with Gasteiger partial charge in [0.2, 0.25) is 0 Å². The van der Waals surface area contributed by atoms with Gasteiger partial charge >= 0.3 is 19.8 Å². The number of allylic oxidation sites excluding steroid dienone is 12. The average Bonchev–Trinajstić information content (AvgIpc) is 3.68. The van der Waals surface area contributed by atoms with Gasteiger partial charge in [0.05, 0.1) is 13.2 Å². The summed E-state index contributed by atoms with van der Waals surface area (Å²) in [6.45, 7) is 3.70. The maximum Gasteiger partial charge on any atom is 0.472 e. The third-order valence-electron chi connectivity index (χ3n) is 17.6. The molecule has 0 saturated heterocycles. The Morgan fingerprint density at radius 2 is 0.604 bits per heavy atom. The van der Waals surface area contributed by atoms with Gasteiger partial charge in [0, 0.05) is 19.4 Å². The summed E-state index contributed by atoms with van der Waals surface area (Å²) in [6, 6.07) is 0. The van der Waals surface area contributed by atoms with E-state index in [2.05, 4.69) is 86.8 Å². The molecule has 0 aliphatic carbocycles. The first-order chi connectivity index (χ1) is 44.8. The molecule has 0 aromatic carbocycles. The number of hydrogen-bond acceptors (Lipinski definition) is 8. The van der Waals surface area contributed by atoms with E-state index in [0.29, 0.717) is 6.42 Å². The number of carbonyl (C=O) groups is 2. The Morgan fingerprint density at radius 1 is 0.341 bits per heavy atom. The van der Waals surface area contributed by atoms with Crippen LogP contribution in [0.15, 0.2) is 72.9 Å². The number of phosphoric acid groups is 1. The smallest absolute Gasteiger partial charge is 0.462 e. The van der Waals surface area contributed by atoms with Crippen molar-refractivity contribution in [3.05, 3.63) is 72.9 Å². The van der Waals surface area contributed by atoms with Crippen LogP contribution in [-0.2, 0) is 32.7 Å². The number of carbonyl (C=O) groups excluding carboxylic acids is 2. The Balaban J connectivity index is 3.77. The van der Waals surface area contributed by atoms with Crippen LogP contribution in [0, 0.1) is 0 Å². The SMILES string of the molecule is CC/C=C\C/C=C\C/C=C\C/C=C\C/C=C\CCCCCCCCCCCCCCCCCCCCCC(=O)OC(COC(=O)CCCCCCCCCCCCCCCCCCCCCCCCC/C=C\CCCCCCCCCC)COP(=O)(O)OCCN. The van der Waals surface area contributed by atoms with Crippen molar-refractivity contribution in [2.24, 2.45) is 5.73 Å². The average molecular weight is 1300 g/mol. The van der Waals surface area contributed by atoms with Crippen molar-refractivity contribution in [2.45, 2.75) is 405 Å². The summed E-state index contributed by atoms with van der Waals surface area (Å²) in [6.07, 6.45) is 102. The predicted octanol–water partition coefficient (Wildman–Crippen LogP) is 26.3. The summed E-state index contributed by atoms with van der Waals surface area (Å²) in [5.41, 5.74) is 5.41. The van der Waals surface area contributed by atoms with Crippen molar-refractivity contribution in [2.75, 3.05) is 26.4 Å². The Labute approximate surface area is 564 Å². The third kappa shape index (κ3) is 76.4. The number of hydrogen-bond donors (Lipinski definition) is 2. The van der Waals surface area contributed by atoms with E-state index in [-0.39, 0.29) is 38.6 Å². The van der Waals surface area contributed by atoms with Crippen molar-refractivity contribution >= 4 is 19.8 Å². The van der Waals surface area contributed by atoms with Crippen molar-refractivity contribution in [3.8, 4) is 0 Å². The van der Waals surface area contributed by atoms with Gasteiger partial charge in [-0.3, -0.25) is 18.6 Å². The molecule has 0 aromatic heterocycles. The van der Waals surface area contributed by atoms with E-state index in [1.807, 2.05) is 0 Å². The second-order valence-corrected chi connectivity index (χ2v) is 28.0. The van der Waals surface area contributed by atoms with Gasteiger partial charge in [-0.2, -0.15) is 0 Å². The highest BCUT2D eigenvalue weighted by Crippen LogP contribution is 2.43. The van der Waals surface area contributed by atoms with Crippen LogP contribution in [0.25, 0.3) is 0 Å². The molecule has 2 atom stereocenters. The summed E-state index contributed by atoms with van der Waals surface area (Å²) in [7, 11) is -4.40. The molecule has 0 heterocycles. The molecule has 0 saturated carbocycles. The van der Waals surface area contributed by atoms with Crippen LogP contribution in [0.1, 0.15) is 399 Å². The lowest BCUT2D eigenvalue weighted by molar-refractivity contribution is -0.161. The Bertz CT molecular complexity index is 1720. The molecule has 0 aliphatic rings. The molecular weight excluding hydrogens is 1150 g/mol. The molecule has 0 bridgehead atoms. The molecule has 10 heteroatoms. The van der Waals surface area contributed by atoms with Crippen molar-refractivity contribution in [3.63, 3.8) is 0 Å². The van der Waals surface area contributed by atoms with Crippen molar-refractivity contribution < 1.29 is 37.6 Å². The van der Waals surface area contributed by atoms with E-state index in [1.54, 1.807) is 0 Å². The highest BCUT2D eigenvalue weighted by atomic mass is 31.2. The lowest BCUT2D eigenvalue weighted by atomic mass is 10.0. The Morgan fingerprint density at radius 3 is 0.912 bits per heavy atom. The number of unbranched alkanes of at least 4 members (excludes halogenated alkanes) is 50. The zero-order valence-corrected chi connectivity index (χ0v) is 61.0. The number of esters is 2. The van der Waals surface area contributed by atoms with Crippen LogP contribution in [0.2, 0.25) is 0 Å². The monoisotopic (exact) mass is 1300 g/mol. The molecule has 532 valence electrons. The van der Waals surface area contributed by atoms with Gasteiger partial charge in [-0.1, -0.05) is 376 Å². The molecule has 2 unspecified atom stereocenters. The highest BCUT2D eigenvalue weighted by Gasteiger charge is 2.26. The number of phosphoric ester groups is 1. The third-order valence-corrected chi connectivity index (χ3v) is 18.6. The summed E-state index contributed by atoms with van der Waals surface area (Å²) in [5.74, 6) is -0.806. The van der Waals surface area contributed by atoms with Crippen molar-refractivity contribution in [1.29, 1.82) is 0 Å². The van der Waals surface area contributed by atoms with Gasteiger partial charge in [0.1, 0.15) is 6.61 Å². The number of ether oxygens (including phenoxy) is 2. The molecule has 0 fully saturated rings. The van der Waals surface area contributed by atoms with Crippen molar-refractivity contribution in [1.82, 2.24) is 0 Å². The minimum absolute atomic E-state index is 0.0545. The second kappa shape index (κ2) is 76.5. The van der Waals surface area contributed by atoms with Gasteiger partial charge in [-0.15, -0.1) is 0 Å². The van der Waals surface area contributed by atoms with E-state index in [1.165, 1.54) is 302 Å². The van der Waals surface area contributed by atoms with Gasteiger partial charge in [0.25, 0.3) is 0 Å². The van der Waals surface area contributed by atoms with Crippen LogP contribution in [0.5, 0.6) is 0 Å². The molecule has 91 heavy (non-hydrogen) atoms. The molecule has 0 rings (SSSR count). The minimum Gasteiger partial charge on any atom is -0.462 e. The zero-order chi connectivity index (χ0) is 65.8. The minimum atomic E-state index is -4.40. The van der Waals surface area contributed by atoms with Gasteiger partial charge in [-0.05, 0) is 83.5 Å². The number of nitrogens with two attached hydrogens (primary N) is 1. The molecule has 3 N–H and O–H groups in total. The molecular formula is C81H150NO8P. The van der Waals surface area contributed by atoms with E-state index in [0.717, 1.165) is 64.2 Å². The summed E-state index contributed by atoms with van der Waals surface area (Å²) >= 11 is 0. The lowest BCUT2D eigenvalue weighted by Gasteiger charge is -2.19. The predicted molar refractivity (Wildman–Crippen MR) is 395 cm³/mol. The molecule has 0 spiro atoms. The van der Waals surface area contributed by atoms with E-state index >= 15 is 0 Å². The van der Waals surface area contributed by atoms with Gasteiger partial charge < -0.3 is 20.1 Å². The Kier molecular flexibility index (Phi) is 74.3. The fourth-order valence-corrected chi connectivity index (χ4v) is 12.5. The van der Waals surface area contributed by atoms with E-state index in [9.17, 15) is 19.0 Å². The molecule has 0 amide bonds. The van der Waals surface area contributed by atoms with E-state index in [4.69, 9.17) is 24.3 Å². The van der Waals surface area contributed by atoms with Crippen LogP contribution < -0.4 is 5.73 Å². The maximum absolute atomic E-state index is 12.8. The summed E-state index contributed by atoms with van der Waals surface area (Å²) in [4.78, 5) is 35.5. The molecule has 9 nitrogen and oxygen atoms in total. The first kappa shape index (κ1) is 88.5. The fourth-order valence-electron chi connectivity index (χ4n) is 11.8. The highest BCUT2D eigenvalue weighted by molar-refractivity contribution is 7.47. The zero-order valence-electron chi connectivity index (χ0n) is 60.1. The van der Waals surface area contributed by atoms with E-state index < -0.39 is 26.5 Å². The van der Waals surface area contributed by atoms with Crippen LogP contribution in [0.3, 0.4) is 0 Å². The van der Waals surface area contributed by atoms with Crippen LogP contribution in [-0.4, -0.2) is 49.3 Å². The largest absolute Gasteiger partial charge is 0.472 e. The maximum atomic E-state index is 12.8. The normalized spacial score (nSPS) is 13.2. The van der Waals surface area contributed by atoms with Crippen LogP contribution in [0.4, 0.5) is 0 Å². The second-order valence-electron chi connectivity index (χ2n) is 26.6. The fraction of sp³-hybridized carbons (Fsp3) is 0.827. The quantitative estimate of drug-likeness (QED) is 0.0264. The lowest BCUT2D eigenvalue weighted by Crippen LogP contribution is -2.29. The summed E-state index contributed by atoms with van der Waals surface area (Å²) in [5, 5.41) is 0. The number of rotatable bonds is 75. The first-order valence-electron chi connectivity index (χ1n) is 39.4. The molecule has 0 aliphatic heterocycles. The first-order valence-corrected chi connectivity index (χ1v) is 40.9. The Hall–Kier alpha value is -2.55. The molecule has 0 radical (unpaired) electrons.